The number of carbonyl (C=O) groups is 1. The Balaban J connectivity index is 1.63. The second-order valence-corrected chi connectivity index (χ2v) is 5.87. The van der Waals surface area contributed by atoms with E-state index in [1.807, 2.05) is 6.07 Å². The summed E-state index contributed by atoms with van der Waals surface area (Å²) < 4.78 is 18.7. The number of hydrogen-bond acceptors (Lipinski definition) is 4. The first-order valence-corrected chi connectivity index (χ1v) is 8.01. The zero-order valence-electron chi connectivity index (χ0n) is 13.0. The first kappa shape index (κ1) is 16.8. The molecule has 126 valence electrons. The SMILES string of the molecule is O=C(Nc1ccc(CN2CCOCC2)cn1)c1cccc(F)c1Cl. The molecule has 1 aliphatic heterocycles. The van der Waals surface area contributed by atoms with E-state index in [0.717, 1.165) is 38.4 Å². The van der Waals surface area contributed by atoms with E-state index in [-0.39, 0.29) is 10.6 Å². The number of rotatable bonds is 4. The molecule has 0 unspecified atom stereocenters. The molecule has 0 radical (unpaired) electrons. The molecule has 3 rings (SSSR count). The van der Waals surface area contributed by atoms with Gasteiger partial charge in [0.25, 0.3) is 5.91 Å². The van der Waals surface area contributed by atoms with Gasteiger partial charge < -0.3 is 10.1 Å². The number of benzene rings is 1. The minimum Gasteiger partial charge on any atom is -0.379 e. The lowest BCUT2D eigenvalue weighted by Crippen LogP contribution is -2.35. The number of anilines is 1. The van der Waals surface area contributed by atoms with Crippen LogP contribution in [0.5, 0.6) is 0 Å². The van der Waals surface area contributed by atoms with Gasteiger partial charge in [-0.15, -0.1) is 0 Å². The molecule has 1 aliphatic rings. The fourth-order valence-corrected chi connectivity index (χ4v) is 2.68. The van der Waals surface area contributed by atoms with Crippen molar-refractivity contribution >= 4 is 23.3 Å². The van der Waals surface area contributed by atoms with Gasteiger partial charge in [-0.3, -0.25) is 9.69 Å². The fourth-order valence-electron chi connectivity index (χ4n) is 2.47. The number of morpholine rings is 1. The Morgan fingerprint density at radius 3 is 2.79 bits per heavy atom. The van der Waals surface area contributed by atoms with Crippen LogP contribution in [0.25, 0.3) is 0 Å². The zero-order valence-corrected chi connectivity index (χ0v) is 13.7. The molecule has 7 heteroatoms. The van der Waals surface area contributed by atoms with Gasteiger partial charge in [0.2, 0.25) is 0 Å². The van der Waals surface area contributed by atoms with E-state index < -0.39 is 11.7 Å². The maximum atomic E-state index is 13.4. The molecule has 1 saturated heterocycles. The summed E-state index contributed by atoms with van der Waals surface area (Å²) in [6.07, 6.45) is 1.72. The average Bonchev–Trinajstić information content (AvgIpc) is 2.60. The summed E-state index contributed by atoms with van der Waals surface area (Å²) >= 11 is 5.82. The Kier molecular flexibility index (Phi) is 5.40. The van der Waals surface area contributed by atoms with Gasteiger partial charge in [-0.2, -0.15) is 0 Å². The number of pyridine rings is 1. The molecule has 0 bridgehead atoms. The van der Waals surface area contributed by atoms with E-state index in [0.29, 0.717) is 5.82 Å². The van der Waals surface area contributed by atoms with Crippen molar-refractivity contribution in [3.05, 3.63) is 58.5 Å². The molecule has 0 saturated carbocycles. The maximum absolute atomic E-state index is 13.4. The van der Waals surface area contributed by atoms with Crippen LogP contribution in [0.4, 0.5) is 10.2 Å². The molecule has 5 nitrogen and oxygen atoms in total. The van der Waals surface area contributed by atoms with Gasteiger partial charge in [0, 0.05) is 25.8 Å². The third kappa shape index (κ3) is 4.08. The van der Waals surface area contributed by atoms with E-state index in [1.54, 1.807) is 12.3 Å². The van der Waals surface area contributed by atoms with Crippen LogP contribution in [0.15, 0.2) is 36.5 Å². The first-order chi connectivity index (χ1) is 11.6. The van der Waals surface area contributed by atoms with Crippen LogP contribution in [-0.2, 0) is 11.3 Å². The fraction of sp³-hybridized carbons (Fsp3) is 0.294. The van der Waals surface area contributed by atoms with Crippen molar-refractivity contribution in [1.29, 1.82) is 0 Å². The Morgan fingerprint density at radius 2 is 2.08 bits per heavy atom. The molecule has 1 aromatic carbocycles. The summed E-state index contributed by atoms with van der Waals surface area (Å²) in [5.41, 5.74) is 1.13. The highest BCUT2D eigenvalue weighted by Gasteiger charge is 2.14. The van der Waals surface area contributed by atoms with Crippen LogP contribution in [0, 0.1) is 5.82 Å². The monoisotopic (exact) mass is 349 g/mol. The summed E-state index contributed by atoms with van der Waals surface area (Å²) in [4.78, 5) is 18.7. The Morgan fingerprint density at radius 1 is 1.29 bits per heavy atom. The van der Waals surface area contributed by atoms with Crippen LogP contribution >= 0.6 is 11.6 Å². The third-order valence-electron chi connectivity index (χ3n) is 3.77. The molecule has 2 heterocycles. The minimum atomic E-state index is -0.627. The van der Waals surface area contributed by atoms with Crippen molar-refractivity contribution < 1.29 is 13.9 Å². The summed E-state index contributed by atoms with van der Waals surface area (Å²) in [5.74, 6) is -0.725. The molecule has 24 heavy (non-hydrogen) atoms. The Bertz CT molecular complexity index is 718. The molecule has 1 fully saturated rings. The summed E-state index contributed by atoms with van der Waals surface area (Å²) in [6, 6.07) is 7.74. The summed E-state index contributed by atoms with van der Waals surface area (Å²) in [7, 11) is 0. The molecule has 1 aromatic heterocycles. The highest BCUT2D eigenvalue weighted by Crippen LogP contribution is 2.20. The van der Waals surface area contributed by atoms with E-state index in [9.17, 15) is 9.18 Å². The number of halogens is 2. The van der Waals surface area contributed by atoms with E-state index in [2.05, 4.69) is 15.2 Å². The molecule has 1 amide bonds. The lowest BCUT2D eigenvalue weighted by Gasteiger charge is -2.26. The number of nitrogens with one attached hydrogen (secondary N) is 1. The second kappa shape index (κ2) is 7.70. The van der Waals surface area contributed by atoms with Gasteiger partial charge >= 0.3 is 0 Å². The molecule has 1 N–H and O–H groups in total. The summed E-state index contributed by atoms with van der Waals surface area (Å²) in [6.45, 7) is 4.08. The zero-order chi connectivity index (χ0) is 16.9. The van der Waals surface area contributed by atoms with Gasteiger partial charge in [0.1, 0.15) is 11.6 Å². The lowest BCUT2D eigenvalue weighted by molar-refractivity contribution is 0.0341. The maximum Gasteiger partial charge on any atom is 0.258 e. The van der Waals surface area contributed by atoms with E-state index in [1.165, 1.54) is 18.2 Å². The predicted molar refractivity (Wildman–Crippen MR) is 89.7 cm³/mol. The van der Waals surface area contributed by atoms with Crippen LogP contribution in [0.1, 0.15) is 15.9 Å². The Hall–Kier alpha value is -2.02. The minimum absolute atomic E-state index is 0.0795. The predicted octanol–water partition coefficient (Wildman–Crippen LogP) is 2.96. The molecular formula is C17H17ClFN3O2. The quantitative estimate of drug-likeness (QED) is 0.922. The highest BCUT2D eigenvalue weighted by molar-refractivity contribution is 6.34. The van der Waals surface area contributed by atoms with Crippen LogP contribution < -0.4 is 5.32 Å². The van der Waals surface area contributed by atoms with E-state index >= 15 is 0 Å². The van der Waals surface area contributed by atoms with Gasteiger partial charge in [-0.05, 0) is 23.8 Å². The topological polar surface area (TPSA) is 54.5 Å². The lowest BCUT2D eigenvalue weighted by atomic mass is 10.2. The van der Waals surface area contributed by atoms with Gasteiger partial charge in [-0.25, -0.2) is 9.37 Å². The summed E-state index contributed by atoms with van der Waals surface area (Å²) in [5, 5.41) is 2.43. The first-order valence-electron chi connectivity index (χ1n) is 7.64. The van der Waals surface area contributed by atoms with Crippen molar-refractivity contribution in [3.63, 3.8) is 0 Å². The number of aromatic nitrogens is 1. The van der Waals surface area contributed by atoms with Crippen LogP contribution in [0.3, 0.4) is 0 Å². The number of amides is 1. The van der Waals surface area contributed by atoms with Crippen LogP contribution in [0.2, 0.25) is 5.02 Å². The normalized spacial score (nSPS) is 15.2. The van der Waals surface area contributed by atoms with Gasteiger partial charge in [0.05, 0.1) is 23.8 Å². The number of carbonyl (C=O) groups excluding carboxylic acids is 1. The molecule has 2 aromatic rings. The molecular weight excluding hydrogens is 333 g/mol. The Labute approximate surface area is 144 Å². The number of nitrogens with zero attached hydrogens (tertiary/aromatic N) is 2. The number of hydrogen-bond donors (Lipinski definition) is 1. The van der Waals surface area contributed by atoms with Gasteiger partial charge in [0.15, 0.2) is 0 Å². The number of ether oxygens (including phenoxy) is 1. The van der Waals surface area contributed by atoms with Crippen molar-refractivity contribution in [1.82, 2.24) is 9.88 Å². The smallest absolute Gasteiger partial charge is 0.258 e. The van der Waals surface area contributed by atoms with E-state index in [4.69, 9.17) is 16.3 Å². The highest BCUT2D eigenvalue weighted by atomic mass is 35.5. The molecule has 0 spiro atoms. The van der Waals surface area contributed by atoms with Crippen molar-refractivity contribution in [2.75, 3.05) is 31.6 Å². The largest absolute Gasteiger partial charge is 0.379 e. The molecule has 0 aliphatic carbocycles. The third-order valence-corrected chi connectivity index (χ3v) is 4.16. The van der Waals surface area contributed by atoms with Crippen molar-refractivity contribution in [2.45, 2.75) is 6.54 Å². The van der Waals surface area contributed by atoms with Crippen molar-refractivity contribution in [2.24, 2.45) is 0 Å². The van der Waals surface area contributed by atoms with Gasteiger partial charge in [-0.1, -0.05) is 23.7 Å². The standard InChI is InChI=1S/C17H17ClFN3O2/c18-16-13(2-1-3-14(16)19)17(23)21-15-5-4-12(10-20-15)11-22-6-8-24-9-7-22/h1-5,10H,6-9,11H2,(H,20,21,23). The second-order valence-electron chi connectivity index (χ2n) is 5.50. The van der Waals surface area contributed by atoms with Crippen molar-refractivity contribution in [3.8, 4) is 0 Å². The van der Waals surface area contributed by atoms with Crippen LogP contribution in [-0.4, -0.2) is 42.1 Å². The molecule has 0 atom stereocenters. The average molecular weight is 350 g/mol.